The van der Waals surface area contributed by atoms with E-state index in [2.05, 4.69) is 32.7 Å². The Labute approximate surface area is 173 Å². The Morgan fingerprint density at radius 3 is 2.78 bits per heavy atom. The molecule has 2 aliphatic heterocycles. The second-order valence-electron chi connectivity index (χ2n) is 7.57. The molecule has 0 aromatic heterocycles. The highest BCUT2D eigenvalue weighted by molar-refractivity contribution is 8.26. The normalized spacial score (nSPS) is 23.1. The fourth-order valence-corrected chi connectivity index (χ4v) is 5.09. The SMILES string of the molecule is CC1CC(C)(C)N(C)c2cc(Cl)c(/C=C3/SC(=S)N(CC(=O)O)C3=O)cc21. The molecule has 1 aromatic rings. The molecule has 0 bridgehead atoms. The highest BCUT2D eigenvalue weighted by atomic mass is 35.5. The van der Waals surface area contributed by atoms with E-state index in [4.69, 9.17) is 28.9 Å². The molecule has 144 valence electrons. The number of halogens is 1. The average molecular weight is 425 g/mol. The van der Waals surface area contributed by atoms with Crippen LogP contribution in [0.2, 0.25) is 5.02 Å². The second-order valence-corrected chi connectivity index (χ2v) is 9.65. The van der Waals surface area contributed by atoms with Gasteiger partial charge in [-0.15, -0.1) is 0 Å². The molecule has 1 amide bonds. The number of rotatable bonds is 3. The van der Waals surface area contributed by atoms with Gasteiger partial charge in [0.2, 0.25) is 0 Å². The lowest BCUT2D eigenvalue weighted by Crippen LogP contribution is -2.45. The Bertz CT molecular complexity index is 882. The van der Waals surface area contributed by atoms with Crippen LogP contribution >= 0.6 is 35.6 Å². The lowest BCUT2D eigenvalue weighted by atomic mass is 9.80. The van der Waals surface area contributed by atoms with Crippen molar-refractivity contribution >= 4 is 63.5 Å². The molecule has 8 heteroatoms. The molecule has 3 rings (SSSR count). The molecule has 0 aliphatic carbocycles. The molecule has 0 saturated carbocycles. The van der Waals surface area contributed by atoms with E-state index in [1.807, 2.05) is 12.1 Å². The van der Waals surface area contributed by atoms with Crippen LogP contribution in [0, 0.1) is 0 Å². The topological polar surface area (TPSA) is 60.9 Å². The van der Waals surface area contributed by atoms with Gasteiger partial charge >= 0.3 is 5.97 Å². The van der Waals surface area contributed by atoms with Gasteiger partial charge in [-0.2, -0.15) is 0 Å². The predicted molar refractivity (Wildman–Crippen MR) is 114 cm³/mol. The van der Waals surface area contributed by atoms with E-state index in [1.54, 1.807) is 6.08 Å². The zero-order valence-corrected chi connectivity index (χ0v) is 18.0. The minimum absolute atomic E-state index is 0.0382. The third-order valence-electron chi connectivity index (χ3n) is 5.21. The third kappa shape index (κ3) is 3.73. The van der Waals surface area contributed by atoms with Gasteiger partial charge in [-0.3, -0.25) is 14.5 Å². The molecule has 1 fully saturated rings. The van der Waals surface area contributed by atoms with Gasteiger partial charge in [-0.05, 0) is 55.5 Å². The summed E-state index contributed by atoms with van der Waals surface area (Å²) in [4.78, 5) is 27.2. The van der Waals surface area contributed by atoms with Crippen molar-refractivity contribution in [3.63, 3.8) is 0 Å². The minimum atomic E-state index is -1.10. The number of fused-ring (bicyclic) bond motifs is 1. The molecule has 0 radical (unpaired) electrons. The number of carbonyl (C=O) groups excluding carboxylic acids is 1. The largest absolute Gasteiger partial charge is 0.480 e. The summed E-state index contributed by atoms with van der Waals surface area (Å²) in [5, 5.41) is 9.50. The molecular formula is C19H21ClN2O3S2. The summed E-state index contributed by atoms with van der Waals surface area (Å²) in [7, 11) is 2.07. The second kappa shape index (κ2) is 7.11. The van der Waals surface area contributed by atoms with Crippen LogP contribution in [0.4, 0.5) is 5.69 Å². The van der Waals surface area contributed by atoms with Crippen molar-refractivity contribution in [3.8, 4) is 0 Å². The first kappa shape index (κ1) is 20.2. The fourth-order valence-electron chi connectivity index (χ4n) is 3.63. The lowest BCUT2D eigenvalue weighted by molar-refractivity contribution is -0.140. The van der Waals surface area contributed by atoms with Crippen molar-refractivity contribution in [1.29, 1.82) is 0 Å². The Kier molecular flexibility index (Phi) is 5.31. The summed E-state index contributed by atoms with van der Waals surface area (Å²) in [6.07, 6.45) is 2.72. The Morgan fingerprint density at radius 2 is 2.15 bits per heavy atom. The molecule has 1 atom stereocenters. The molecule has 1 unspecified atom stereocenters. The number of nitrogens with zero attached hydrogens (tertiary/aromatic N) is 2. The number of amides is 1. The Morgan fingerprint density at radius 1 is 1.48 bits per heavy atom. The highest BCUT2D eigenvalue weighted by Crippen LogP contribution is 2.45. The monoisotopic (exact) mass is 424 g/mol. The van der Waals surface area contributed by atoms with Crippen molar-refractivity contribution in [2.24, 2.45) is 0 Å². The summed E-state index contributed by atoms with van der Waals surface area (Å²) in [6, 6.07) is 3.97. The molecular weight excluding hydrogens is 404 g/mol. The maximum atomic E-state index is 12.5. The van der Waals surface area contributed by atoms with E-state index in [-0.39, 0.29) is 9.86 Å². The van der Waals surface area contributed by atoms with E-state index < -0.39 is 18.4 Å². The quantitative estimate of drug-likeness (QED) is 0.575. The minimum Gasteiger partial charge on any atom is -0.480 e. The number of carboxylic acid groups (broad SMARTS) is 1. The maximum absolute atomic E-state index is 12.5. The van der Waals surface area contributed by atoms with Crippen LogP contribution in [0.1, 0.15) is 44.2 Å². The highest BCUT2D eigenvalue weighted by Gasteiger charge is 2.36. The van der Waals surface area contributed by atoms with Crippen molar-refractivity contribution in [1.82, 2.24) is 4.90 Å². The van der Waals surface area contributed by atoms with Crippen LogP contribution in [0.15, 0.2) is 17.0 Å². The Hall–Kier alpha value is -1.57. The van der Waals surface area contributed by atoms with Crippen molar-refractivity contribution in [3.05, 3.63) is 33.2 Å². The summed E-state index contributed by atoms with van der Waals surface area (Å²) < 4.78 is 0.248. The number of hydrogen-bond donors (Lipinski definition) is 1. The molecule has 5 nitrogen and oxygen atoms in total. The lowest BCUT2D eigenvalue weighted by Gasteiger charge is -2.45. The molecule has 1 N–H and O–H groups in total. The van der Waals surface area contributed by atoms with Crippen LogP contribution < -0.4 is 4.90 Å². The molecule has 2 aliphatic rings. The van der Waals surface area contributed by atoms with Crippen LogP contribution in [0.3, 0.4) is 0 Å². The van der Waals surface area contributed by atoms with Crippen LogP contribution in [-0.4, -0.2) is 45.3 Å². The van der Waals surface area contributed by atoms with Crippen molar-refractivity contribution < 1.29 is 14.7 Å². The number of hydrogen-bond acceptors (Lipinski definition) is 5. The zero-order chi connectivity index (χ0) is 20.1. The van der Waals surface area contributed by atoms with Gasteiger partial charge in [-0.25, -0.2) is 0 Å². The summed E-state index contributed by atoms with van der Waals surface area (Å²) >= 11 is 12.8. The molecule has 0 spiro atoms. The standard InChI is InChI=1S/C19H21ClN2O3S2/c1-10-8-19(2,3)21(4)14-7-13(20)11(5-12(10)14)6-15-17(25)22(9-16(23)24)18(26)27-15/h5-7,10H,8-9H2,1-4H3,(H,23,24)/b15-6+. The Balaban J connectivity index is 1.99. The summed E-state index contributed by atoms with van der Waals surface area (Å²) in [5.41, 5.74) is 3.07. The number of carboxylic acids is 1. The zero-order valence-electron chi connectivity index (χ0n) is 15.6. The van der Waals surface area contributed by atoms with Gasteiger partial charge in [-0.1, -0.05) is 42.5 Å². The number of carbonyl (C=O) groups is 2. The smallest absolute Gasteiger partial charge is 0.323 e. The number of benzene rings is 1. The van der Waals surface area contributed by atoms with Gasteiger partial charge in [0.1, 0.15) is 10.9 Å². The predicted octanol–water partition coefficient (Wildman–Crippen LogP) is 4.35. The number of thiocarbonyl (C=S) groups is 1. The fraction of sp³-hybridized carbons (Fsp3) is 0.421. The molecule has 27 heavy (non-hydrogen) atoms. The summed E-state index contributed by atoms with van der Waals surface area (Å²) in [6.45, 7) is 6.18. The number of anilines is 1. The van der Waals surface area contributed by atoms with Crippen LogP contribution in [0.25, 0.3) is 6.08 Å². The van der Waals surface area contributed by atoms with Gasteiger partial charge < -0.3 is 10.0 Å². The van der Waals surface area contributed by atoms with Gasteiger partial charge in [0.15, 0.2) is 0 Å². The first-order chi connectivity index (χ1) is 12.5. The van der Waals surface area contributed by atoms with E-state index in [9.17, 15) is 9.59 Å². The van der Waals surface area contributed by atoms with E-state index >= 15 is 0 Å². The summed E-state index contributed by atoms with van der Waals surface area (Å²) in [5.74, 6) is -1.14. The first-order valence-electron chi connectivity index (χ1n) is 8.55. The first-order valence-corrected chi connectivity index (χ1v) is 10.2. The van der Waals surface area contributed by atoms with Crippen LogP contribution in [0.5, 0.6) is 0 Å². The van der Waals surface area contributed by atoms with Crippen molar-refractivity contribution in [2.75, 3.05) is 18.5 Å². The van der Waals surface area contributed by atoms with Gasteiger partial charge in [0, 0.05) is 23.3 Å². The van der Waals surface area contributed by atoms with E-state index in [0.29, 0.717) is 15.8 Å². The van der Waals surface area contributed by atoms with Gasteiger partial charge in [0.05, 0.1) is 4.91 Å². The third-order valence-corrected chi connectivity index (χ3v) is 6.91. The molecule has 1 aromatic carbocycles. The number of thioether (sulfide) groups is 1. The average Bonchev–Trinajstić information content (AvgIpc) is 2.81. The van der Waals surface area contributed by atoms with E-state index in [1.165, 1.54) is 5.56 Å². The van der Waals surface area contributed by atoms with Crippen LogP contribution in [-0.2, 0) is 9.59 Å². The molecule has 2 heterocycles. The maximum Gasteiger partial charge on any atom is 0.323 e. The van der Waals surface area contributed by atoms with Crippen molar-refractivity contribution in [2.45, 2.75) is 38.6 Å². The number of aliphatic carboxylic acids is 1. The van der Waals surface area contributed by atoms with E-state index in [0.717, 1.165) is 34.3 Å². The van der Waals surface area contributed by atoms with Gasteiger partial charge in [0.25, 0.3) is 5.91 Å². The molecule has 1 saturated heterocycles.